The third kappa shape index (κ3) is 4.77. The number of alkyl halides is 1. The Bertz CT molecular complexity index is 1910. The fourth-order valence-corrected chi connectivity index (χ4v) is 7.96. The van der Waals surface area contributed by atoms with Crippen LogP contribution >= 0.6 is 0 Å². The van der Waals surface area contributed by atoms with Crippen LogP contribution < -0.4 is 25.7 Å². The standard InChI is InChI=1S/C33H36F3N7O3/c1-16-17(2)46-31-25-28(26(36)27(40-31)24-21(35)6-4-18-8-10-37-30(44)23(18)24)41-32(42-29(25)38-13-20-5-7-22(16)39-20)45-15-33-9-3-11-43(33)14-19(34)12-33/h4,6,8,10,16-17,19-20,22,39H,3,5,7,9,11-15H2,1-2H3,(H,37,44)(H,38,41,42)/t16?,17-,19+,20?,22?,33?/m0/s1. The van der Waals surface area contributed by atoms with Gasteiger partial charge in [-0.1, -0.05) is 13.0 Å². The summed E-state index contributed by atoms with van der Waals surface area (Å²) in [4.78, 5) is 31.5. The minimum absolute atomic E-state index is 0.0259. The zero-order valence-electron chi connectivity index (χ0n) is 25.7. The molecule has 3 aromatic heterocycles. The van der Waals surface area contributed by atoms with E-state index in [9.17, 15) is 9.18 Å². The number of benzene rings is 1. The van der Waals surface area contributed by atoms with Crippen molar-refractivity contribution in [2.75, 3.05) is 31.6 Å². The van der Waals surface area contributed by atoms with Crippen molar-refractivity contribution in [3.63, 3.8) is 0 Å². The molecule has 0 radical (unpaired) electrons. The number of pyridine rings is 2. The van der Waals surface area contributed by atoms with Crippen LogP contribution in [0.3, 0.4) is 0 Å². The zero-order valence-corrected chi connectivity index (χ0v) is 25.7. The van der Waals surface area contributed by atoms with E-state index in [4.69, 9.17) is 9.47 Å². The third-order valence-electron chi connectivity index (χ3n) is 10.6. The van der Waals surface area contributed by atoms with E-state index in [1.807, 2.05) is 6.92 Å². The monoisotopic (exact) mass is 635 g/mol. The van der Waals surface area contributed by atoms with Gasteiger partial charge in [0.1, 0.15) is 47.1 Å². The number of H-pyrrole nitrogens is 1. The van der Waals surface area contributed by atoms with Crippen LogP contribution in [-0.4, -0.2) is 81.0 Å². The Kier molecular flexibility index (Phi) is 7.09. The van der Waals surface area contributed by atoms with Gasteiger partial charge in [-0.15, -0.1) is 0 Å². The number of rotatable bonds is 4. The number of ether oxygens (including phenoxy) is 2. The van der Waals surface area contributed by atoms with Crippen LogP contribution in [0.4, 0.5) is 19.0 Å². The van der Waals surface area contributed by atoms with Gasteiger partial charge in [0.15, 0.2) is 5.82 Å². The molecule has 13 heteroatoms. The topological polar surface area (TPSA) is 117 Å². The van der Waals surface area contributed by atoms with Gasteiger partial charge >= 0.3 is 6.01 Å². The third-order valence-corrected chi connectivity index (χ3v) is 10.6. The second-order valence-corrected chi connectivity index (χ2v) is 13.3. The zero-order chi connectivity index (χ0) is 31.7. The first-order valence-electron chi connectivity index (χ1n) is 16.1. The summed E-state index contributed by atoms with van der Waals surface area (Å²) < 4.78 is 59.7. The second kappa shape index (κ2) is 11.1. The van der Waals surface area contributed by atoms with E-state index in [-0.39, 0.29) is 70.3 Å². The molecule has 3 fully saturated rings. The first-order valence-corrected chi connectivity index (χ1v) is 16.1. The van der Waals surface area contributed by atoms with E-state index in [0.29, 0.717) is 24.9 Å². The molecule has 3 saturated heterocycles. The maximum Gasteiger partial charge on any atom is 0.319 e. The molecule has 6 atom stereocenters. The Morgan fingerprint density at radius 3 is 2.87 bits per heavy atom. The Labute approximate surface area is 263 Å². The van der Waals surface area contributed by atoms with Gasteiger partial charge in [0.25, 0.3) is 5.56 Å². The van der Waals surface area contributed by atoms with Gasteiger partial charge in [0.05, 0.1) is 16.5 Å². The van der Waals surface area contributed by atoms with Crippen LogP contribution in [0.25, 0.3) is 32.9 Å². The minimum Gasteiger partial charge on any atom is -0.474 e. The molecule has 4 aliphatic heterocycles. The Balaban J connectivity index is 1.32. The number of hydrogen-bond acceptors (Lipinski definition) is 9. The van der Waals surface area contributed by atoms with E-state index < -0.39 is 34.6 Å². The summed E-state index contributed by atoms with van der Waals surface area (Å²) in [6, 6.07) is 4.52. The summed E-state index contributed by atoms with van der Waals surface area (Å²) >= 11 is 0. The van der Waals surface area contributed by atoms with Crippen molar-refractivity contribution in [3.8, 4) is 23.1 Å². The van der Waals surface area contributed by atoms with Crippen LogP contribution in [0.1, 0.15) is 46.0 Å². The summed E-state index contributed by atoms with van der Waals surface area (Å²) in [6.45, 7) is 5.82. The summed E-state index contributed by atoms with van der Waals surface area (Å²) in [6.07, 6.45) is 4.13. The first-order chi connectivity index (χ1) is 22.2. The molecule has 4 aliphatic rings. The van der Waals surface area contributed by atoms with Crippen molar-refractivity contribution in [2.45, 2.75) is 75.8 Å². The van der Waals surface area contributed by atoms with Gasteiger partial charge in [0.2, 0.25) is 5.88 Å². The predicted molar refractivity (Wildman–Crippen MR) is 167 cm³/mol. The normalized spacial score (nSPS) is 29.4. The highest BCUT2D eigenvalue weighted by atomic mass is 19.1. The van der Waals surface area contributed by atoms with Crippen LogP contribution in [0.5, 0.6) is 11.9 Å². The Hall–Kier alpha value is -3.97. The van der Waals surface area contributed by atoms with Crippen molar-refractivity contribution >= 4 is 27.5 Å². The fourth-order valence-electron chi connectivity index (χ4n) is 7.96. The quantitative estimate of drug-likeness (QED) is 0.293. The molecule has 7 heterocycles. The van der Waals surface area contributed by atoms with Crippen molar-refractivity contribution in [2.24, 2.45) is 5.92 Å². The molecule has 2 bridgehead atoms. The predicted octanol–water partition coefficient (Wildman–Crippen LogP) is 4.72. The molecule has 46 heavy (non-hydrogen) atoms. The molecule has 4 unspecified atom stereocenters. The highest BCUT2D eigenvalue weighted by molar-refractivity contribution is 6.00. The average molecular weight is 636 g/mol. The van der Waals surface area contributed by atoms with E-state index in [0.717, 1.165) is 32.2 Å². The van der Waals surface area contributed by atoms with Crippen molar-refractivity contribution in [1.29, 1.82) is 0 Å². The Morgan fingerprint density at radius 1 is 1.13 bits per heavy atom. The van der Waals surface area contributed by atoms with E-state index in [1.54, 1.807) is 6.07 Å². The van der Waals surface area contributed by atoms with Crippen LogP contribution in [0, 0.1) is 17.6 Å². The number of hydrogen-bond donors (Lipinski definition) is 3. The van der Waals surface area contributed by atoms with Crippen molar-refractivity contribution in [1.82, 2.24) is 30.2 Å². The lowest BCUT2D eigenvalue weighted by Crippen LogP contribution is -2.43. The average Bonchev–Trinajstić information content (AvgIpc) is 3.74. The largest absolute Gasteiger partial charge is 0.474 e. The molecular weight excluding hydrogens is 599 g/mol. The summed E-state index contributed by atoms with van der Waals surface area (Å²) in [5.74, 6) is -1.39. The number of anilines is 1. The molecule has 1 aromatic carbocycles. The van der Waals surface area contributed by atoms with Crippen molar-refractivity contribution in [3.05, 3.63) is 46.4 Å². The van der Waals surface area contributed by atoms with Gasteiger partial charge in [-0.25, -0.2) is 18.2 Å². The maximum atomic E-state index is 16.9. The lowest BCUT2D eigenvalue weighted by atomic mass is 9.95. The fraction of sp³-hybridized carbons (Fsp3) is 0.515. The number of fused-ring (bicyclic) bond motifs is 4. The van der Waals surface area contributed by atoms with Gasteiger partial charge in [-0.3, -0.25) is 9.69 Å². The molecule has 4 aromatic rings. The summed E-state index contributed by atoms with van der Waals surface area (Å²) in [5.41, 5.74) is -1.91. The summed E-state index contributed by atoms with van der Waals surface area (Å²) in [5, 5.41) is 7.62. The lowest BCUT2D eigenvalue weighted by molar-refractivity contribution is 0.107. The molecule has 0 aliphatic carbocycles. The molecule has 8 rings (SSSR count). The smallest absolute Gasteiger partial charge is 0.319 e. The minimum atomic E-state index is -0.940. The van der Waals surface area contributed by atoms with Gasteiger partial charge in [-0.2, -0.15) is 9.97 Å². The molecule has 242 valence electrons. The van der Waals surface area contributed by atoms with E-state index in [1.165, 1.54) is 18.3 Å². The number of halogens is 3. The Morgan fingerprint density at radius 2 is 2.00 bits per heavy atom. The molecule has 0 saturated carbocycles. The van der Waals surface area contributed by atoms with E-state index in [2.05, 4.69) is 42.4 Å². The highest BCUT2D eigenvalue weighted by Crippen LogP contribution is 2.42. The molecule has 10 nitrogen and oxygen atoms in total. The SMILES string of the molecule is CC1C2CCC(CNc3nc(OCC45CCCN4C[C@H](F)C5)nc4c(F)c(-c5c(F)ccc6cc[nH]c(=O)c56)nc(c34)O[C@H]1C)N2. The number of aromatic nitrogens is 4. The van der Waals surface area contributed by atoms with Gasteiger partial charge < -0.3 is 25.1 Å². The number of aromatic amines is 1. The van der Waals surface area contributed by atoms with Gasteiger partial charge in [0, 0.05) is 43.7 Å². The molecule has 3 N–H and O–H groups in total. The lowest BCUT2D eigenvalue weighted by Gasteiger charge is -2.30. The van der Waals surface area contributed by atoms with Gasteiger partial charge in [-0.05, 0) is 56.7 Å². The molecule has 0 amide bonds. The van der Waals surface area contributed by atoms with E-state index >= 15 is 8.78 Å². The highest BCUT2D eigenvalue weighted by Gasteiger charge is 2.49. The van der Waals surface area contributed by atoms with Crippen molar-refractivity contribution < 1.29 is 22.6 Å². The molecular formula is C33H36F3N7O3. The molecule has 0 spiro atoms. The number of nitrogens with one attached hydrogen (secondary N) is 3. The van der Waals surface area contributed by atoms with Crippen LogP contribution in [-0.2, 0) is 0 Å². The maximum absolute atomic E-state index is 16.9. The van der Waals surface area contributed by atoms with Crippen LogP contribution in [0.15, 0.2) is 29.2 Å². The summed E-state index contributed by atoms with van der Waals surface area (Å²) in [7, 11) is 0. The number of nitrogens with zero attached hydrogens (tertiary/aromatic N) is 4. The second-order valence-electron chi connectivity index (χ2n) is 13.3. The van der Waals surface area contributed by atoms with Crippen LogP contribution in [0.2, 0.25) is 0 Å². The first kappa shape index (κ1) is 29.4.